The van der Waals surface area contributed by atoms with Gasteiger partial charge in [0.05, 0.1) is 6.42 Å². The molecule has 0 aliphatic heterocycles. The van der Waals surface area contributed by atoms with Gasteiger partial charge in [0.1, 0.15) is 0 Å². The topological polar surface area (TPSA) is 37.3 Å². The first-order valence-electron chi connectivity index (χ1n) is 5.05. The van der Waals surface area contributed by atoms with E-state index in [1.165, 1.54) is 0 Å². The van der Waals surface area contributed by atoms with E-state index in [1.54, 1.807) is 11.8 Å². The van der Waals surface area contributed by atoms with Crippen LogP contribution in [0, 0.1) is 0 Å². The van der Waals surface area contributed by atoms with Crippen LogP contribution in [0.1, 0.15) is 24.5 Å². The molecular formula is C12H16O2S. The van der Waals surface area contributed by atoms with E-state index in [0.717, 1.165) is 28.9 Å². The first-order chi connectivity index (χ1) is 7.17. The van der Waals surface area contributed by atoms with Crippen LogP contribution < -0.4 is 0 Å². The third-order valence-corrected chi connectivity index (χ3v) is 3.00. The van der Waals surface area contributed by atoms with E-state index in [1.807, 2.05) is 18.4 Å². The largest absolute Gasteiger partial charge is 0.481 e. The van der Waals surface area contributed by atoms with Crippen LogP contribution in [0.15, 0.2) is 23.1 Å². The summed E-state index contributed by atoms with van der Waals surface area (Å²) in [6.45, 7) is 2.10. The zero-order chi connectivity index (χ0) is 11.3. The number of carboxylic acid groups (broad SMARTS) is 1. The molecular weight excluding hydrogens is 208 g/mol. The summed E-state index contributed by atoms with van der Waals surface area (Å²) in [4.78, 5) is 11.8. The number of thioether (sulfide) groups is 1. The molecule has 0 aromatic heterocycles. The zero-order valence-corrected chi connectivity index (χ0v) is 9.93. The normalized spacial score (nSPS) is 10.3. The summed E-state index contributed by atoms with van der Waals surface area (Å²) in [5.41, 5.74) is 2.12. The van der Waals surface area contributed by atoms with Gasteiger partial charge in [-0.3, -0.25) is 4.79 Å². The molecule has 2 nitrogen and oxygen atoms in total. The maximum Gasteiger partial charge on any atom is 0.307 e. The predicted octanol–water partition coefficient (Wildman–Crippen LogP) is 2.99. The van der Waals surface area contributed by atoms with Gasteiger partial charge in [-0.25, -0.2) is 0 Å². The Balaban J connectivity index is 2.98. The molecule has 0 radical (unpaired) electrons. The van der Waals surface area contributed by atoms with E-state index in [4.69, 9.17) is 5.11 Å². The number of aliphatic carboxylic acids is 1. The SMILES string of the molecule is CCCc1ccc(SC)cc1CC(=O)O. The molecule has 15 heavy (non-hydrogen) atoms. The number of rotatable bonds is 5. The van der Waals surface area contributed by atoms with E-state index < -0.39 is 5.97 Å². The lowest BCUT2D eigenvalue weighted by atomic mass is 10.0. The Morgan fingerprint density at radius 1 is 1.40 bits per heavy atom. The van der Waals surface area contributed by atoms with Crippen LogP contribution in [0.25, 0.3) is 0 Å². The van der Waals surface area contributed by atoms with Gasteiger partial charge in [-0.2, -0.15) is 0 Å². The highest BCUT2D eigenvalue weighted by Gasteiger charge is 2.07. The highest BCUT2D eigenvalue weighted by molar-refractivity contribution is 7.98. The van der Waals surface area contributed by atoms with Gasteiger partial charge in [0.15, 0.2) is 0 Å². The number of hydrogen-bond acceptors (Lipinski definition) is 2. The van der Waals surface area contributed by atoms with Crippen molar-refractivity contribution in [1.29, 1.82) is 0 Å². The summed E-state index contributed by atoms with van der Waals surface area (Å²) < 4.78 is 0. The average molecular weight is 224 g/mol. The summed E-state index contributed by atoms with van der Waals surface area (Å²) in [7, 11) is 0. The van der Waals surface area contributed by atoms with Crippen LogP contribution >= 0.6 is 11.8 Å². The number of aryl methyl sites for hydroxylation is 1. The number of carboxylic acids is 1. The standard InChI is InChI=1S/C12H16O2S/c1-3-4-9-5-6-11(15-2)7-10(9)8-12(13)14/h5-7H,3-4,8H2,1-2H3,(H,13,14). The van der Waals surface area contributed by atoms with Crippen molar-refractivity contribution in [3.8, 4) is 0 Å². The Hall–Kier alpha value is -0.960. The summed E-state index contributed by atoms with van der Waals surface area (Å²) in [6, 6.07) is 6.10. The number of hydrogen-bond donors (Lipinski definition) is 1. The summed E-state index contributed by atoms with van der Waals surface area (Å²) in [6.07, 6.45) is 4.13. The van der Waals surface area contributed by atoms with E-state index in [0.29, 0.717) is 0 Å². The minimum absolute atomic E-state index is 0.129. The van der Waals surface area contributed by atoms with Gasteiger partial charge in [0.2, 0.25) is 0 Å². The Morgan fingerprint density at radius 2 is 2.13 bits per heavy atom. The molecule has 0 atom stereocenters. The van der Waals surface area contributed by atoms with E-state index in [9.17, 15) is 4.79 Å². The molecule has 0 saturated carbocycles. The fraction of sp³-hybridized carbons (Fsp3) is 0.417. The molecule has 0 amide bonds. The smallest absolute Gasteiger partial charge is 0.307 e. The first kappa shape index (κ1) is 12.1. The van der Waals surface area contributed by atoms with Crippen molar-refractivity contribution in [1.82, 2.24) is 0 Å². The van der Waals surface area contributed by atoms with Gasteiger partial charge in [0, 0.05) is 4.90 Å². The monoisotopic (exact) mass is 224 g/mol. The lowest BCUT2D eigenvalue weighted by Gasteiger charge is -2.08. The molecule has 0 heterocycles. The molecule has 1 N–H and O–H groups in total. The van der Waals surface area contributed by atoms with Crippen molar-refractivity contribution in [3.05, 3.63) is 29.3 Å². The quantitative estimate of drug-likeness (QED) is 0.781. The third kappa shape index (κ3) is 3.59. The fourth-order valence-corrected chi connectivity index (χ4v) is 2.03. The summed E-state index contributed by atoms with van der Waals surface area (Å²) in [5.74, 6) is -0.759. The Morgan fingerprint density at radius 3 is 2.67 bits per heavy atom. The van der Waals surface area contributed by atoms with E-state index in [2.05, 4.69) is 13.0 Å². The van der Waals surface area contributed by atoms with Gasteiger partial charge in [-0.05, 0) is 35.9 Å². The van der Waals surface area contributed by atoms with Gasteiger partial charge in [-0.15, -0.1) is 11.8 Å². The summed E-state index contributed by atoms with van der Waals surface area (Å²) in [5, 5.41) is 8.82. The zero-order valence-electron chi connectivity index (χ0n) is 9.12. The van der Waals surface area contributed by atoms with E-state index >= 15 is 0 Å². The molecule has 1 aromatic carbocycles. The average Bonchev–Trinajstić information content (AvgIpc) is 2.20. The minimum Gasteiger partial charge on any atom is -0.481 e. The van der Waals surface area contributed by atoms with Crippen molar-refractivity contribution >= 4 is 17.7 Å². The lowest BCUT2D eigenvalue weighted by molar-refractivity contribution is -0.136. The van der Waals surface area contributed by atoms with Crippen LogP contribution in [0.2, 0.25) is 0 Å². The molecule has 0 fully saturated rings. The fourth-order valence-electron chi connectivity index (χ4n) is 1.57. The molecule has 0 spiro atoms. The predicted molar refractivity (Wildman–Crippen MR) is 63.6 cm³/mol. The van der Waals surface area contributed by atoms with Gasteiger partial charge in [0.25, 0.3) is 0 Å². The third-order valence-electron chi connectivity index (χ3n) is 2.27. The molecule has 1 aromatic rings. The maximum absolute atomic E-state index is 10.7. The summed E-state index contributed by atoms with van der Waals surface area (Å²) >= 11 is 1.64. The second kappa shape index (κ2) is 5.81. The Labute approximate surface area is 94.7 Å². The van der Waals surface area contributed by atoms with Crippen molar-refractivity contribution in [2.24, 2.45) is 0 Å². The van der Waals surface area contributed by atoms with Crippen LogP contribution in [-0.4, -0.2) is 17.3 Å². The molecule has 0 unspecified atom stereocenters. The molecule has 0 aliphatic carbocycles. The highest BCUT2D eigenvalue weighted by Crippen LogP contribution is 2.21. The molecule has 3 heteroatoms. The lowest BCUT2D eigenvalue weighted by Crippen LogP contribution is -2.03. The molecule has 0 saturated heterocycles. The Kier molecular flexibility index (Phi) is 4.69. The van der Waals surface area contributed by atoms with Gasteiger partial charge in [-0.1, -0.05) is 19.4 Å². The van der Waals surface area contributed by atoms with Crippen LogP contribution in [0.3, 0.4) is 0 Å². The number of benzene rings is 1. The Bertz CT molecular complexity index is 347. The second-order valence-corrected chi connectivity index (χ2v) is 4.33. The van der Waals surface area contributed by atoms with Crippen LogP contribution in [0.5, 0.6) is 0 Å². The van der Waals surface area contributed by atoms with Crippen molar-refractivity contribution < 1.29 is 9.90 Å². The van der Waals surface area contributed by atoms with Gasteiger partial charge >= 0.3 is 5.97 Å². The maximum atomic E-state index is 10.7. The molecule has 1 rings (SSSR count). The first-order valence-corrected chi connectivity index (χ1v) is 6.27. The van der Waals surface area contributed by atoms with Crippen molar-refractivity contribution in [2.45, 2.75) is 31.1 Å². The molecule has 0 bridgehead atoms. The molecule has 0 aliphatic rings. The highest BCUT2D eigenvalue weighted by atomic mass is 32.2. The van der Waals surface area contributed by atoms with E-state index in [-0.39, 0.29) is 6.42 Å². The van der Waals surface area contributed by atoms with Crippen LogP contribution in [0.4, 0.5) is 0 Å². The number of carbonyl (C=O) groups is 1. The van der Waals surface area contributed by atoms with Crippen molar-refractivity contribution in [3.63, 3.8) is 0 Å². The van der Waals surface area contributed by atoms with Gasteiger partial charge < -0.3 is 5.11 Å². The molecule has 82 valence electrons. The van der Waals surface area contributed by atoms with Crippen LogP contribution in [-0.2, 0) is 17.6 Å². The second-order valence-electron chi connectivity index (χ2n) is 3.46. The minimum atomic E-state index is -0.759. The van der Waals surface area contributed by atoms with Crippen molar-refractivity contribution in [2.75, 3.05) is 6.26 Å².